The van der Waals surface area contributed by atoms with Crippen LogP contribution in [-0.2, 0) is 12.8 Å². The first-order valence-corrected chi connectivity index (χ1v) is 19.4. The van der Waals surface area contributed by atoms with Gasteiger partial charge in [-0.25, -0.2) is 4.98 Å². The number of nitrogens with zero attached hydrogens (tertiary/aromatic N) is 1. The van der Waals surface area contributed by atoms with E-state index in [0.717, 1.165) is 0 Å². The monoisotopic (exact) mass is 573 g/mol. The first-order valence-electron chi connectivity index (χ1n) is 19.4. The van der Waals surface area contributed by atoms with Gasteiger partial charge in [0.1, 0.15) is 0 Å². The number of hydrogen-bond donors (Lipinski definition) is 1. The molecule has 41 heavy (non-hydrogen) atoms. The van der Waals surface area contributed by atoms with Crippen LogP contribution in [0.3, 0.4) is 0 Å². The lowest BCUT2D eigenvalue weighted by Crippen LogP contribution is -1.95. The minimum Gasteiger partial charge on any atom is -0.348 e. The van der Waals surface area contributed by atoms with Gasteiger partial charge in [-0.3, -0.25) is 0 Å². The largest absolute Gasteiger partial charge is 0.348 e. The zero-order valence-corrected chi connectivity index (χ0v) is 28.6. The lowest BCUT2D eigenvalue weighted by Gasteiger charge is -2.05. The van der Waals surface area contributed by atoms with E-state index in [9.17, 15) is 0 Å². The van der Waals surface area contributed by atoms with E-state index in [2.05, 4.69) is 23.8 Å². The van der Waals surface area contributed by atoms with Crippen molar-refractivity contribution in [1.82, 2.24) is 9.97 Å². The van der Waals surface area contributed by atoms with Crippen molar-refractivity contribution in [3.8, 4) is 0 Å². The summed E-state index contributed by atoms with van der Waals surface area (Å²) in [5.41, 5.74) is 2.78. The second-order valence-corrected chi connectivity index (χ2v) is 13.4. The molecular weight excluding hydrogens is 496 g/mol. The minimum atomic E-state index is 1.18. The third-order valence-corrected chi connectivity index (χ3v) is 9.35. The second kappa shape index (κ2) is 32.1. The summed E-state index contributed by atoms with van der Waals surface area (Å²) in [6.45, 7) is 4.61. The van der Waals surface area contributed by atoms with Gasteiger partial charge in [-0.1, -0.05) is 206 Å². The molecule has 1 heterocycles. The highest BCUT2D eigenvalue weighted by Gasteiger charge is 2.05. The number of imidazole rings is 1. The number of H-pyrrole nitrogens is 1. The molecule has 0 aromatic carbocycles. The number of unbranched alkanes of at least 4 members (excludes halogenated alkanes) is 30. The van der Waals surface area contributed by atoms with E-state index < -0.39 is 0 Å². The average Bonchev–Trinajstić information content (AvgIpc) is 3.43. The molecule has 1 aromatic heterocycles. The smallest absolute Gasteiger partial charge is 0.0925 e. The van der Waals surface area contributed by atoms with E-state index in [0.29, 0.717) is 0 Å². The van der Waals surface area contributed by atoms with Crippen molar-refractivity contribution in [2.24, 2.45) is 0 Å². The highest BCUT2D eigenvalue weighted by molar-refractivity contribution is 5.11. The molecule has 0 bridgehead atoms. The highest BCUT2D eigenvalue weighted by atomic mass is 14.9. The number of hydrogen-bond acceptors (Lipinski definition) is 1. The Labute approximate surface area is 259 Å². The van der Waals surface area contributed by atoms with Crippen LogP contribution in [0.2, 0.25) is 0 Å². The third-order valence-electron chi connectivity index (χ3n) is 9.35. The molecule has 0 radical (unpaired) electrons. The summed E-state index contributed by atoms with van der Waals surface area (Å²) in [6, 6.07) is 0. The van der Waals surface area contributed by atoms with E-state index in [-0.39, 0.29) is 0 Å². The predicted octanol–water partition coefficient (Wildman–Crippen LogP) is 14.0. The third kappa shape index (κ3) is 26.6. The minimum absolute atomic E-state index is 1.18. The Morgan fingerprint density at radius 1 is 0.366 bits per heavy atom. The fraction of sp³-hybridized carbons (Fsp3) is 0.923. The molecule has 1 N–H and O–H groups in total. The zero-order valence-electron chi connectivity index (χ0n) is 28.6. The molecule has 0 aliphatic carbocycles. The summed E-state index contributed by atoms with van der Waals surface area (Å²) in [6.07, 6.45) is 50.3. The lowest BCUT2D eigenvalue weighted by molar-refractivity contribution is 0.528. The van der Waals surface area contributed by atoms with Crippen molar-refractivity contribution in [2.45, 2.75) is 232 Å². The van der Waals surface area contributed by atoms with E-state index >= 15 is 0 Å². The van der Waals surface area contributed by atoms with Gasteiger partial charge in [0.25, 0.3) is 0 Å². The molecule has 0 aliphatic rings. The van der Waals surface area contributed by atoms with E-state index in [1.807, 2.05) is 6.33 Å². The maximum absolute atomic E-state index is 4.66. The van der Waals surface area contributed by atoms with Gasteiger partial charge in [0, 0.05) is 5.69 Å². The number of nitrogens with one attached hydrogen (secondary N) is 1. The van der Waals surface area contributed by atoms with Crippen LogP contribution in [0.4, 0.5) is 0 Å². The summed E-state index contributed by atoms with van der Waals surface area (Å²) in [7, 11) is 0. The van der Waals surface area contributed by atoms with Crippen LogP contribution in [-0.4, -0.2) is 9.97 Å². The fourth-order valence-corrected chi connectivity index (χ4v) is 6.47. The van der Waals surface area contributed by atoms with Crippen LogP contribution < -0.4 is 0 Å². The van der Waals surface area contributed by atoms with Gasteiger partial charge in [-0.15, -0.1) is 0 Å². The molecule has 0 spiro atoms. The van der Waals surface area contributed by atoms with Gasteiger partial charge in [0.05, 0.1) is 12.0 Å². The van der Waals surface area contributed by atoms with Gasteiger partial charge in [-0.05, 0) is 25.7 Å². The van der Waals surface area contributed by atoms with Crippen molar-refractivity contribution in [3.63, 3.8) is 0 Å². The molecule has 1 rings (SSSR count). The van der Waals surface area contributed by atoms with Crippen molar-refractivity contribution >= 4 is 0 Å². The van der Waals surface area contributed by atoms with Crippen molar-refractivity contribution < 1.29 is 0 Å². The zero-order chi connectivity index (χ0) is 29.3. The van der Waals surface area contributed by atoms with Gasteiger partial charge < -0.3 is 4.98 Å². The quantitative estimate of drug-likeness (QED) is 0.0817. The topological polar surface area (TPSA) is 28.7 Å². The lowest BCUT2D eigenvalue weighted by atomic mass is 10.0. The SMILES string of the molecule is CCCCCCCCCCCCCCCCCCc1nc[nH]c1CCCCCCCCCCCCCCCCCC. The molecule has 0 unspecified atom stereocenters. The predicted molar refractivity (Wildman–Crippen MR) is 185 cm³/mol. The molecule has 0 aliphatic heterocycles. The average molecular weight is 573 g/mol. The van der Waals surface area contributed by atoms with Crippen LogP contribution in [0.1, 0.15) is 231 Å². The summed E-state index contributed by atoms with van der Waals surface area (Å²) in [5.74, 6) is 0. The van der Waals surface area contributed by atoms with Crippen molar-refractivity contribution in [1.29, 1.82) is 0 Å². The Morgan fingerprint density at radius 3 is 0.951 bits per heavy atom. The highest BCUT2D eigenvalue weighted by Crippen LogP contribution is 2.17. The standard InChI is InChI=1S/C39H76N2/c1-3-5-7-9-11-13-15-17-19-21-23-25-27-29-31-33-35-38-39(41-37-40-38)36-34-32-30-28-26-24-22-20-18-16-14-12-10-8-6-4-2/h37H,3-36H2,1-2H3,(H,40,41). The second-order valence-electron chi connectivity index (χ2n) is 13.4. The van der Waals surface area contributed by atoms with Crippen molar-refractivity contribution in [3.05, 3.63) is 17.7 Å². The van der Waals surface area contributed by atoms with E-state index in [1.54, 1.807) is 0 Å². The van der Waals surface area contributed by atoms with Gasteiger partial charge in [-0.2, -0.15) is 0 Å². The number of aromatic amines is 1. The van der Waals surface area contributed by atoms with Crippen LogP contribution in [0.5, 0.6) is 0 Å². The normalized spacial score (nSPS) is 11.6. The Morgan fingerprint density at radius 2 is 0.634 bits per heavy atom. The Balaban J connectivity index is 1.82. The molecule has 0 fully saturated rings. The molecule has 2 nitrogen and oxygen atoms in total. The first-order chi connectivity index (χ1) is 20.4. The fourth-order valence-electron chi connectivity index (χ4n) is 6.47. The molecule has 0 atom stereocenters. The number of aryl methyl sites for hydroxylation is 2. The summed E-state index contributed by atoms with van der Waals surface area (Å²) in [4.78, 5) is 8.11. The number of aromatic nitrogens is 2. The molecule has 1 aromatic rings. The Hall–Kier alpha value is -0.790. The summed E-state index contributed by atoms with van der Waals surface area (Å²) in [5, 5.41) is 0. The van der Waals surface area contributed by atoms with E-state index in [1.165, 1.54) is 230 Å². The Kier molecular flexibility index (Phi) is 30.0. The van der Waals surface area contributed by atoms with Crippen LogP contribution >= 0.6 is 0 Å². The van der Waals surface area contributed by atoms with E-state index in [4.69, 9.17) is 0 Å². The van der Waals surface area contributed by atoms with Gasteiger partial charge in [0.2, 0.25) is 0 Å². The molecule has 2 heteroatoms. The van der Waals surface area contributed by atoms with Crippen LogP contribution in [0, 0.1) is 0 Å². The van der Waals surface area contributed by atoms with Crippen LogP contribution in [0.15, 0.2) is 6.33 Å². The van der Waals surface area contributed by atoms with Gasteiger partial charge in [0.15, 0.2) is 0 Å². The maximum Gasteiger partial charge on any atom is 0.0925 e. The first kappa shape index (κ1) is 38.2. The van der Waals surface area contributed by atoms with Gasteiger partial charge >= 0.3 is 0 Å². The summed E-state index contributed by atoms with van der Waals surface area (Å²) >= 11 is 0. The molecule has 0 saturated heterocycles. The summed E-state index contributed by atoms with van der Waals surface area (Å²) < 4.78 is 0. The molecular formula is C39H76N2. The molecule has 242 valence electrons. The maximum atomic E-state index is 4.66. The number of rotatable bonds is 34. The molecule has 0 saturated carbocycles. The van der Waals surface area contributed by atoms with Crippen molar-refractivity contribution in [2.75, 3.05) is 0 Å². The van der Waals surface area contributed by atoms with Crippen LogP contribution in [0.25, 0.3) is 0 Å². The molecule has 0 amide bonds. The Bertz CT molecular complexity index is 556.